The third-order valence-electron chi connectivity index (χ3n) is 3.31. The fraction of sp³-hybridized carbons (Fsp3) is 0.500. The molecule has 1 aromatic carbocycles. The van der Waals surface area contributed by atoms with Gasteiger partial charge >= 0.3 is 0 Å². The minimum atomic E-state index is -0.354. The fourth-order valence-electron chi connectivity index (χ4n) is 2.05. The van der Waals surface area contributed by atoms with Crippen LogP contribution >= 0.6 is 0 Å². The molecule has 0 atom stereocenters. The summed E-state index contributed by atoms with van der Waals surface area (Å²) in [4.78, 5) is 25.3. The third kappa shape index (κ3) is 6.67. The van der Waals surface area contributed by atoms with Crippen LogP contribution in [0.2, 0.25) is 0 Å². The molecule has 0 radical (unpaired) electrons. The second-order valence-electron chi connectivity index (χ2n) is 5.31. The van der Waals surface area contributed by atoms with Crippen molar-refractivity contribution in [3.8, 4) is 0 Å². The molecule has 0 aliphatic carbocycles. The molecular weight excluding hydrogens is 285 g/mol. The number of halogens is 1. The van der Waals surface area contributed by atoms with Gasteiger partial charge in [0.15, 0.2) is 0 Å². The molecule has 0 aromatic heterocycles. The van der Waals surface area contributed by atoms with Crippen LogP contribution < -0.4 is 10.6 Å². The zero-order chi connectivity index (χ0) is 16.5. The van der Waals surface area contributed by atoms with E-state index in [2.05, 4.69) is 10.6 Å². The molecule has 6 heteroatoms. The Hall–Kier alpha value is -1.95. The number of hydrogen-bond donors (Lipinski definition) is 2. The third-order valence-corrected chi connectivity index (χ3v) is 3.31. The predicted octanol–water partition coefficient (Wildman–Crippen LogP) is 2.00. The standard InChI is InChI=1S/C16H24FN3O2/c1-4-13(5-2)18-15(21)10-20(3)11-16(22)19-14-8-6-12(17)7-9-14/h6-9,13H,4-5,10-11H2,1-3H3,(H,18,21)(H,19,22). The maximum absolute atomic E-state index is 12.8. The summed E-state index contributed by atoms with van der Waals surface area (Å²) in [7, 11) is 1.71. The van der Waals surface area contributed by atoms with Crippen LogP contribution in [0.4, 0.5) is 10.1 Å². The van der Waals surface area contributed by atoms with Crippen molar-refractivity contribution in [1.82, 2.24) is 10.2 Å². The highest BCUT2D eigenvalue weighted by molar-refractivity contribution is 5.92. The zero-order valence-corrected chi connectivity index (χ0v) is 13.4. The van der Waals surface area contributed by atoms with Gasteiger partial charge in [0.1, 0.15) is 5.82 Å². The summed E-state index contributed by atoms with van der Waals surface area (Å²) in [5.41, 5.74) is 0.529. The van der Waals surface area contributed by atoms with Crippen molar-refractivity contribution in [2.75, 3.05) is 25.5 Å². The van der Waals surface area contributed by atoms with Crippen molar-refractivity contribution < 1.29 is 14.0 Å². The lowest BCUT2D eigenvalue weighted by Gasteiger charge is -2.19. The highest BCUT2D eigenvalue weighted by Gasteiger charge is 2.13. The lowest BCUT2D eigenvalue weighted by Crippen LogP contribution is -2.42. The minimum Gasteiger partial charge on any atom is -0.352 e. The number of amides is 2. The number of nitrogens with one attached hydrogen (secondary N) is 2. The number of benzene rings is 1. The molecular formula is C16H24FN3O2. The highest BCUT2D eigenvalue weighted by atomic mass is 19.1. The molecule has 0 aliphatic heterocycles. The van der Waals surface area contributed by atoms with Gasteiger partial charge in [-0.3, -0.25) is 14.5 Å². The van der Waals surface area contributed by atoms with E-state index in [1.165, 1.54) is 24.3 Å². The summed E-state index contributed by atoms with van der Waals surface area (Å²) in [6, 6.07) is 5.72. The lowest BCUT2D eigenvalue weighted by molar-refractivity contribution is -0.123. The number of anilines is 1. The number of nitrogens with zero attached hydrogens (tertiary/aromatic N) is 1. The van der Waals surface area contributed by atoms with Gasteiger partial charge < -0.3 is 10.6 Å². The predicted molar refractivity (Wildman–Crippen MR) is 85.0 cm³/mol. The minimum absolute atomic E-state index is 0.0910. The number of rotatable bonds is 8. The van der Waals surface area contributed by atoms with Crippen LogP contribution in [-0.4, -0.2) is 42.9 Å². The molecule has 2 N–H and O–H groups in total. The maximum atomic E-state index is 12.8. The summed E-state index contributed by atoms with van der Waals surface area (Å²) < 4.78 is 12.8. The zero-order valence-electron chi connectivity index (χ0n) is 13.4. The van der Waals surface area contributed by atoms with Gasteiger partial charge in [0.2, 0.25) is 11.8 Å². The van der Waals surface area contributed by atoms with Gasteiger partial charge in [-0.2, -0.15) is 0 Å². The largest absolute Gasteiger partial charge is 0.352 e. The SMILES string of the molecule is CCC(CC)NC(=O)CN(C)CC(=O)Nc1ccc(F)cc1. The summed E-state index contributed by atoms with van der Waals surface area (Å²) >= 11 is 0. The van der Waals surface area contributed by atoms with E-state index >= 15 is 0 Å². The Morgan fingerprint density at radius 3 is 2.18 bits per heavy atom. The van der Waals surface area contributed by atoms with Crippen LogP contribution in [0.3, 0.4) is 0 Å². The first-order valence-electron chi connectivity index (χ1n) is 7.47. The molecule has 22 heavy (non-hydrogen) atoms. The van der Waals surface area contributed by atoms with Crippen molar-refractivity contribution in [2.45, 2.75) is 32.7 Å². The molecule has 0 saturated carbocycles. The van der Waals surface area contributed by atoms with Crippen molar-refractivity contribution in [3.63, 3.8) is 0 Å². The summed E-state index contributed by atoms with van der Waals surface area (Å²) in [5, 5.41) is 5.58. The molecule has 122 valence electrons. The van der Waals surface area contributed by atoms with E-state index < -0.39 is 0 Å². The first kappa shape index (κ1) is 18.1. The van der Waals surface area contributed by atoms with Crippen LogP contribution in [0, 0.1) is 5.82 Å². The lowest BCUT2D eigenvalue weighted by atomic mass is 10.2. The quantitative estimate of drug-likeness (QED) is 0.772. The Balaban J connectivity index is 2.37. The van der Waals surface area contributed by atoms with Crippen LogP contribution in [0.1, 0.15) is 26.7 Å². The monoisotopic (exact) mass is 309 g/mol. The Kier molecular flexibility index (Phi) is 7.52. The average molecular weight is 309 g/mol. The number of likely N-dealkylation sites (N-methyl/N-ethyl adjacent to an activating group) is 1. The van der Waals surface area contributed by atoms with Gasteiger partial charge in [0.25, 0.3) is 0 Å². The van der Waals surface area contributed by atoms with Gasteiger partial charge in [-0.25, -0.2) is 4.39 Å². The molecule has 0 saturated heterocycles. The summed E-state index contributed by atoms with van der Waals surface area (Å²) in [6.07, 6.45) is 1.77. The molecule has 0 bridgehead atoms. The first-order chi connectivity index (χ1) is 10.4. The van der Waals surface area contributed by atoms with Gasteiger partial charge in [-0.1, -0.05) is 13.8 Å². The van der Waals surface area contributed by atoms with E-state index in [0.717, 1.165) is 12.8 Å². The average Bonchev–Trinajstić information content (AvgIpc) is 2.46. The van der Waals surface area contributed by atoms with Crippen LogP contribution in [0.25, 0.3) is 0 Å². The molecule has 0 heterocycles. The van der Waals surface area contributed by atoms with E-state index in [-0.39, 0.29) is 36.8 Å². The van der Waals surface area contributed by atoms with E-state index in [1.807, 2.05) is 13.8 Å². The van der Waals surface area contributed by atoms with Crippen LogP contribution in [0.15, 0.2) is 24.3 Å². The summed E-state index contributed by atoms with van der Waals surface area (Å²) in [6.45, 7) is 4.30. The maximum Gasteiger partial charge on any atom is 0.238 e. The Bertz CT molecular complexity index is 487. The summed E-state index contributed by atoms with van der Waals surface area (Å²) in [5.74, 6) is -0.691. The van der Waals surface area contributed by atoms with E-state index in [0.29, 0.717) is 5.69 Å². The van der Waals surface area contributed by atoms with Crippen molar-refractivity contribution in [1.29, 1.82) is 0 Å². The van der Waals surface area contributed by atoms with Crippen molar-refractivity contribution in [3.05, 3.63) is 30.1 Å². The van der Waals surface area contributed by atoms with Gasteiger partial charge in [0, 0.05) is 11.7 Å². The number of hydrogen-bond acceptors (Lipinski definition) is 3. The van der Waals surface area contributed by atoms with Crippen molar-refractivity contribution >= 4 is 17.5 Å². The van der Waals surface area contributed by atoms with E-state index in [4.69, 9.17) is 0 Å². The molecule has 1 aromatic rings. The second kappa shape index (κ2) is 9.15. The van der Waals surface area contributed by atoms with Gasteiger partial charge in [0.05, 0.1) is 13.1 Å². The highest BCUT2D eigenvalue weighted by Crippen LogP contribution is 2.08. The van der Waals surface area contributed by atoms with Gasteiger partial charge in [-0.15, -0.1) is 0 Å². The van der Waals surface area contributed by atoms with E-state index in [1.54, 1.807) is 11.9 Å². The smallest absolute Gasteiger partial charge is 0.238 e. The Labute approximate surface area is 130 Å². The van der Waals surface area contributed by atoms with Crippen LogP contribution in [0.5, 0.6) is 0 Å². The van der Waals surface area contributed by atoms with Crippen LogP contribution in [-0.2, 0) is 9.59 Å². The molecule has 0 fully saturated rings. The van der Waals surface area contributed by atoms with Gasteiger partial charge in [-0.05, 0) is 44.2 Å². The van der Waals surface area contributed by atoms with Crippen molar-refractivity contribution in [2.24, 2.45) is 0 Å². The molecule has 2 amide bonds. The normalized spacial score (nSPS) is 10.8. The number of carbonyl (C=O) groups excluding carboxylic acids is 2. The second-order valence-corrected chi connectivity index (χ2v) is 5.31. The molecule has 0 aliphatic rings. The topological polar surface area (TPSA) is 61.4 Å². The fourth-order valence-corrected chi connectivity index (χ4v) is 2.05. The molecule has 0 unspecified atom stereocenters. The Morgan fingerprint density at radius 2 is 1.64 bits per heavy atom. The molecule has 1 rings (SSSR count). The number of carbonyl (C=O) groups is 2. The first-order valence-corrected chi connectivity index (χ1v) is 7.47. The molecule has 5 nitrogen and oxygen atoms in total. The Morgan fingerprint density at radius 1 is 1.09 bits per heavy atom. The molecule has 0 spiro atoms. The van der Waals surface area contributed by atoms with E-state index in [9.17, 15) is 14.0 Å².